The molecular formula is C28H28N4O4S. The number of fused-ring (bicyclic) bond motifs is 2. The first-order valence-electron chi connectivity index (χ1n) is 12.3. The third-order valence-electron chi connectivity index (χ3n) is 7.16. The van der Waals surface area contributed by atoms with E-state index in [-0.39, 0.29) is 16.6 Å². The van der Waals surface area contributed by atoms with Gasteiger partial charge in [0.05, 0.1) is 21.6 Å². The van der Waals surface area contributed by atoms with Gasteiger partial charge in [-0.1, -0.05) is 12.1 Å². The lowest BCUT2D eigenvalue weighted by molar-refractivity contribution is 0.0853. The molecule has 190 valence electrons. The Morgan fingerprint density at radius 3 is 2.68 bits per heavy atom. The number of aromatic hydroxyl groups is 1. The minimum atomic E-state index is -3.67. The van der Waals surface area contributed by atoms with Crippen LogP contribution in [-0.4, -0.2) is 48.3 Å². The Bertz CT molecular complexity index is 1750. The van der Waals surface area contributed by atoms with Gasteiger partial charge in [-0.2, -0.15) is 0 Å². The van der Waals surface area contributed by atoms with Crippen molar-refractivity contribution in [3.63, 3.8) is 0 Å². The van der Waals surface area contributed by atoms with Crippen LogP contribution in [0.15, 0.2) is 65.7 Å². The third kappa shape index (κ3) is 4.19. The molecule has 0 amide bonds. The Kier molecular flexibility index (Phi) is 5.78. The number of nitrogens with zero attached hydrogens (tertiary/aromatic N) is 2. The summed E-state index contributed by atoms with van der Waals surface area (Å²) in [6.07, 6.45) is 3.69. The minimum Gasteiger partial charge on any atom is -0.508 e. The van der Waals surface area contributed by atoms with E-state index in [0.29, 0.717) is 30.1 Å². The van der Waals surface area contributed by atoms with Crippen molar-refractivity contribution in [1.29, 1.82) is 0 Å². The first-order chi connectivity index (χ1) is 17.8. The maximum atomic E-state index is 12.7. The van der Waals surface area contributed by atoms with E-state index in [1.54, 1.807) is 24.3 Å². The lowest BCUT2D eigenvalue weighted by atomic mass is 9.91. The molecule has 9 heteroatoms. The van der Waals surface area contributed by atoms with Crippen molar-refractivity contribution >= 4 is 32.0 Å². The number of sulfonamides is 1. The van der Waals surface area contributed by atoms with E-state index in [2.05, 4.69) is 34.0 Å². The number of aromatic nitrogens is 3. The highest BCUT2D eigenvalue weighted by molar-refractivity contribution is 7.89. The van der Waals surface area contributed by atoms with Crippen LogP contribution in [-0.2, 0) is 14.8 Å². The Labute approximate surface area is 215 Å². The van der Waals surface area contributed by atoms with E-state index in [9.17, 15) is 13.5 Å². The number of ether oxygens (including phenoxy) is 1. The van der Waals surface area contributed by atoms with Crippen molar-refractivity contribution in [3.8, 4) is 22.8 Å². The summed E-state index contributed by atoms with van der Waals surface area (Å²) in [5.74, 6) is 1.09. The number of H-pyrrole nitrogens is 1. The Balaban J connectivity index is 1.64. The molecule has 0 unspecified atom stereocenters. The third-order valence-corrected chi connectivity index (χ3v) is 8.57. The van der Waals surface area contributed by atoms with Gasteiger partial charge in [-0.05, 0) is 80.3 Å². The number of hydrogen-bond donors (Lipinski definition) is 3. The first-order valence-corrected chi connectivity index (χ1v) is 13.8. The highest BCUT2D eigenvalue weighted by atomic mass is 32.2. The summed E-state index contributed by atoms with van der Waals surface area (Å²) in [4.78, 5) is 8.45. The van der Waals surface area contributed by atoms with Crippen LogP contribution in [0, 0.1) is 6.92 Å². The van der Waals surface area contributed by atoms with E-state index in [1.165, 1.54) is 7.05 Å². The fraction of sp³-hybridized carbons (Fsp3) is 0.250. The van der Waals surface area contributed by atoms with Gasteiger partial charge in [0.15, 0.2) is 0 Å². The topological polar surface area (TPSA) is 109 Å². The summed E-state index contributed by atoms with van der Waals surface area (Å²) in [7, 11) is -2.27. The number of phenols is 1. The predicted molar refractivity (Wildman–Crippen MR) is 144 cm³/mol. The Morgan fingerprint density at radius 1 is 1.08 bits per heavy atom. The molecule has 37 heavy (non-hydrogen) atoms. The number of rotatable bonds is 5. The number of imidazole rings is 1. The molecule has 1 aliphatic heterocycles. The second-order valence-corrected chi connectivity index (χ2v) is 11.4. The van der Waals surface area contributed by atoms with Crippen LogP contribution in [0.5, 0.6) is 5.75 Å². The molecule has 3 N–H and O–H groups in total. The van der Waals surface area contributed by atoms with Gasteiger partial charge in [0, 0.05) is 41.9 Å². The van der Waals surface area contributed by atoms with E-state index in [1.807, 2.05) is 23.8 Å². The summed E-state index contributed by atoms with van der Waals surface area (Å²) in [6, 6.07) is 16.7. The van der Waals surface area contributed by atoms with Crippen LogP contribution in [0.25, 0.3) is 39.0 Å². The zero-order valence-corrected chi connectivity index (χ0v) is 21.5. The molecule has 0 atom stereocenters. The second kappa shape index (κ2) is 9.02. The Morgan fingerprint density at radius 2 is 1.89 bits per heavy atom. The van der Waals surface area contributed by atoms with E-state index in [4.69, 9.17) is 9.72 Å². The second-order valence-electron chi connectivity index (χ2n) is 9.55. The molecule has 0 bridgehead atoms. The van der Waals surface area contributed by atoms with E-state index in [0.717, 1.165) is 46.1 Å². The van der Waals surface area contributed by atoms with Gasteiger partial charge >= 0.3 is 0 Å². The fourth-order valence-corrected chi connectivity index (χ4v) is 5.97. The Hall–Kier alpha value is -3.66. The average molecular weight is 517 g/mol. The van der Waals surface area contributed by atoms with Gasteiger partial charge in [0.25, 0.3) is 0 Å². The quantitative estimate of drug-likeness (QED) is 0.305. The van der Waals surface area contributed by atoms with Gasteiger partial charge in [0.2, 0.25) is 10.0 Å². The molecule has 2 aromatic heterocycles. The SMILES string of the molecule is CNS(=O)(=O)c1ccc2nc(-c3c[nH]c4cc(C)ccc34)n(-c3cc(O)cc(C4CCOCC4)c3)c2c1. The number of phenolic OH excluding ortho intramolecular Hbond substituents is 1. The molecule has 0 saturated carbocycles. The number of aryl methyl sites for hydroxylation is 1. The summed E-state index contributed by atoms with van der Waals surface area (Å²) in [6.45, 7) is 3.42. The molecule has 3 heterocycles. The van der Waals surface area contributed by atoms with Gasteiger partial charge in [0.1, 0.15) is 11.6 Å². The minimum absolute atomic E-state index is 0.148. The number of nitrogens with one attached hydrogen (secondary N) is 2. The lowest BCUT2D eigenvalue weighted by Gasteiger charge is -2.23. The first kappa shape index (κ1) is 23.7. The average Bonchev–Trinajstić information content (AvgIpc) is 3.49. The monoisotopic (exact) mass is 516 g/mol. The molecule has 3 aromatic carbocycles. The van der Waals surface area contributed by atoms with Crippen LogP contribution in [0.4, 0.5) is 0 Å². The number of benzene rings is 3. The molecule has 1 fully saturated rings. The number of hydrogen-bond acceptors (Lipinski definition) is 5. The maximum absolute atomic E-state index is 12.7. The largest absolute Gasteiger partial charge is 0.508 e. The highest BCUT2D eigenvalue weighted by Gasteiger charge is 2.23. The van der Waals surface area contributed by atoms with Crippen LogP contribution in [0.2, 0.25) is 0 Å². The molecule has 0 aliphatic carbocycles. The van der Waals surface area contributed by atoms with Gasteiger partial charge in [-0.3, -0.25) is 4.57 Å². The van der Waals surface area contributed by atoms with Crippen LogP contribution in [0.3, 0.4) is 0 Å². The normalized spacial score (nSPS) is 15.1. The predicted octanol–water partition coefficient (Wildman–Crippen LogP) is 4.99. The van der Waals surface area contributed by atoms with Crippen LogP contribution < -0.4 is 4.72 Å². The fourth-order valence-electron chi connectivity index (χ4n) is 5.22. The van der Waals surface area contributed by atoms with Crippen molar-refractivity contribution in [1.82, 2.24) is 19.3 Å². The van der Waals surface area contributed by atoms with E-state index >= 15 is 0 Å². The molecule has 8 nitrogen and oxygen atoms in total. The molecular weight excluding hydrogens is 488 g/mol. The van der Waals surface area contributed by atoms with Crippen LogP contribution >= 0.6 is 0 Å². The summed E-state index contributed by atoms with van der Waals surface area (Å²) >= 11 is 0. The molecule has 5 aromatic rings. The van der Waals surface area contributed by atoms with Gasteiger partial charge in [-0.15, -0.1) is 0 Å². The van der Waals surface area contributed by atoms with Crippen molar-refractivity contribution < 1.29 is 18.3 Å². The molecule has 1 saturated heterocycles. The summed E-state index contributed by atoms with van der Waals surface area (Å²) in [5, 5.41) is 11.8. The zero-order chi connectivity index (χ0) is 25.7. The van der Waals surface area contributed by atoms with Crippen molar-refractivity contribution in [2.24, 2.45) is 0 Å². The molecule has 6 rings (SSSR count). The molecule has 0 spiro atoms. The van der Waals surface area contributed by atoms with Crippen molar-refractivity contribution in [2.75, 3.05) is 20.3 Å². The lowest BCUT2D eigenvalue weighted by Crippen LogP contribution is -2.18. The zero-order valence-electron chi connectivity index (χ0n) is 20.7. The maximum Gasteiger partial charge on any atom is 0.240 e. The number of aromatic amines is 1. The summed E-state index contributed by atoms with van der Waals surface area (Å²) in [5.41, 5.74) is 6.06. The van der Waals surface area contributed by atoms with Crippen molar-refractivity contribution in [2.45, 2.75) is 30.6 Å². The molecule has 0 radical (unpaired) electrons. The van der Waals surface area contributed by atoms with Gasteiger partial charge < -0.3 is 14.8 Å². The summed E-state index contributed by atoms with van der Waals surface area (Å²) < 4.78 is 35.2. The van der Waals surface area contributed by atoms with Crippen LogP contribution in [0.1, 0.15) is 29.9 Å². The highest BCUT2D eigenvalue weighted by Crippen LogP contribution is 2.37. The van der Waals surface area contributed by atoms with Crippen molar-refractivity contribution in [3.05, 3.63) is 71.9 Å². The van der Waals surface area contributed by atoms with E-state index < -0.39 is 10.0 Å². The standard InChI is InChI=1S/C28H28N4O4S/c1-17-3-5-23-24(16-30-26(23)11-17)28-31-25-6-4-22(37(34,35)29-2)15-27(25)32(28)20-12-19(13-21(33)14-20)18-7-9-36-10-8-18/h3-6,11-16,18,29-30,33H,7-10H2,1-2H3. The van der Waals surface area contributed by atoms with Gasteiger partial charge in [-0.25, -0.2) is 18.1 Å². The molecule has 1 aliphatic rings. The smallest absolute Gasteiger partial charge is 0.240 e.